The van der Waals surface area contributed by atoms with Gasteiger partial charge in [-0.25, -0.2) is 8.42 Å². The van der Waals surface area contributed by atoms with Gasteiger partial charge >= 0.3 is 0 Å². The second-order valence-corrected chi connectivity index (χ2v) is 7.08. The minimum atomic E-state index is -2.79. The lowest BCUT2D eigenvalue weighted by Gasteiger charge is -2.22. The van der Waals surface area contributed by atoms with Crippen molar-refractivity contribution in [2.24, 2.45) is 11.7 Å². The van der Waals surface area contributed by atoms with Crippen LogP contribution in [0.15, 0.2) is 24.3 Å². The van der Waals surface area contributed by atoms with Crippen molar-refractivity contribution in [3.05, 3.63) is 35.4 Å². The first-order chi connectivity index (χ1) is 8.09. The summed E-state index contributed by atoms with van der Waals surface area (Å²) in [4.78, 5) is 0. The summed E-state index contributed by atoms with van der Waals surface area (Å²) in [6.45, 7) is 0.538. The van der Waals surface area contributed by atoms with Crippen molar-refractivity contribution in [3.8, 4) is 0 Å². The largest absolute Gasteiger partial charge is 0.326 e. The van der Waals surface area contributed by atoms with Crippen LogP contribution in [0.3, 0.4) is 0 Å². The van der Waals surface area contributed by atoms with Crippen LogP contribution < -0.4 is 5.73 Å². The molecule has 0 amide bonds. The van der Waals surface area contributed by atoms with E-state index in [9.17, 15) is 8.42 Å². The Bertz CT molecular complexity index is 482. The molecule has 1 aliphatic rings. The van der Waals surface area contributed by atoms with E-state index in [0.717, 1.165) is 24.8 Å². The number of rotatable bonds is 3. The molecule has 2 rings (SSSR count). The summed E-state index contributed by atoms with van der Waals surface area (Å²) < 4.78 is 23.1. The maximum Gasteiger partial charge on any atom is 0.150 e. The molecular weight excluding hydrogens is 234 g/mol. The Morgan fingerprint density at radius 1 is 1.29 bits per heavy atom. The summed E-state index contributed by atoms with van der Waals surface area (Å²) in [5.74, 6) is 0.994. The summed E-state index contributed by atoms with van der Waals surface area (Å²) in [5, 5.41) is 0. The quantitative estimate of drug-likeness (QED) is 0.888. The third-order valence-electron chi connectivity index (χ3n) is 3.31. The molecule has 0 spiro atoms. The van der Waals surface area contributed by atoms with Crippen molar-refractivity contribution >= 4 is 9.84 Å². The van der Waals surface area contributed by atoms with Crippen molar-refractivity contribution in [2.75, 3.05) is 11.5 Å². The van der Waals surface area contributed by atoms with Crippen molar-refractivity contribution in [1.29, 1.82) is 0 Å². The fourth-order valence-electron chi connectivity index (χ4n) is 2.50. The molecule has 2 N–H and O–H groups in total. The van der Waals surface area contributed by atoms with E-state index in [1.165, 1.54) is 5.56 Å². The minimum Gasteiger partial charge on any atom is -0.326 e. The number of hydrogen-bond acceptors (Lipinski definition) is 3. The lowest BCUT2D eigenvalue weighted by molar-refractivity contribution is 0.483. The van der Waals surface area contributed by atoms with E-state index in [1.54, 1.807) is 0 Å². The molecule has 1 heterocycles. The third-order valence-corrected chi connectivity index (χ3v) is 5.20. The van der Waals surface area contributed by atoms with Gasteiger partial charge in [-0.3, -0.25) is 0 Å². The molecule has 0 aliphatic carbocycles. The molecule has 4 heteroatoms. The highest BCUT2D eigenvalue weighted by atomic mass is 32.2. The van der Waals surface area contributed by atoms with E-state index >= 15 is 0 Å². The van der Waals surface area contributed by atoms with Gasteiger partial charge < -0.3 is 5.73 Å². The van der Waals surface area contributed by atoms with E-state index in [0.29, 0.717) is 18.1 Å². The van der Waals surface area contributed by atoms with Crippen LogP contribution in [0.5, 0.6) is 0 Å². The Hall–Kier alpha value is -0.870. The summed E-state index contributed by atoms with van der Waals surface area (Å²) in [7, 11) is -2.79. The molecular formula is C13H19NO2S. The molecule has 1 aliphatic heterocycles. The second kappa shape index (κ2) is 5.19. The van der Waals surface area contributed by atoms with Crippen LogP contribution in [0.25, 0.3) is 0 Å². The van der Waals surface area contributed by atoms with Crippen LogP contribution in [0, 0.1) is 5.92 Å². The van der Waals surface area contributed by atoms with E-state index in [2.05, 4.69) is 12.1 Å². The molecule has 1 fully saturated rings. The van der Waals surface area contributed by atoms with Gasteiger partial charge in [-0.05, 0) is 36.3 Å². The molecule has 3 nitrogen and oxygen atoms in total. The van der Waals surface area contributed by atoms with Crippen LogP contribution in [0.4, 0.5) is 0 Å². The molecule has 0 bridgehead atoms. The first-order valence-electron chi connectivity index (χ1n) is 6.07. The zero-order valence-electron chi connectivity index (χ0n) is 9.93. The number of sulfone groups is 1. The Labute approximate surface area is 103 Å². The highest BCUT2D eigenvalue weighted by molar-refractivity contribution is 7.91. The molecule has 1 aromatic carbocycles. The first-order valence-corrected chi connectivity index (χ1v) is 7.89. The van der Waals surface area contributed by atoms with Crippen molar-refractivity contribution in [3.63, 3.8) is 0 Å². The number of benzene rings is 1. The summed E-state index contributed by atoms with van der Waals surface area (Å²) in [6, 6.07) is 8.14. The monoisotopic (exact) mass is 253 g/mol. The second-order valence-electron chi connectivity index (χ2n) is 4.85. The van der Waals surface area contributed by atoms with Crippen molar-refractivity contribution in [1.82, 2.24) is 0 Å². The van der Waals surface area contributed by atoms with Crippen LogP contribution in [0.1, 0.15) is 24.0 Å². The van der Waals surface area contributed by atoms with Gasteiger partial charge in [0, 0.05) is 6.54 Å². The van der Waals surface area contributed by atoms with Crippen molar-refractivity contribution in [2.45, 2.75) is 25.8 Å². The lowest BCUT2D eigenvalue weighted by Crippen LogP contribution is -2.26. The highest BCUT2D eigenvalue weighted by Crippen LogP contribution is 2.22. The Morgan fingerprint density at radius 3 is 2.76 bits per heavy atom. The van der Waals surface area contributed by atoms with Gasteiger partial charge in [-0.2, -0.15) is 0 Å². The van der Waals surface area contributed by atoms with E-state index in [1.807, 2.05) is 12.1 Å². The van der Waals surface area contributed by atoms with Gasteiger partial charge in [-0.15, -0.1) is 0 Å². The third kappa shape index (κ3) is 3.54. The molecule has 1 saturated heterocycles. The Balaban J connectivity index is 2.05. The summed E-state index contributed by atoms with van der Waals surface area (Å²) >= 11 is 0. The zero-order valence-corrected chi connectivity index (χ0v) is 10.7. The molecule has 1 aromatic rings. The van der Waals surface area contributed by atoms with Crippen LogP contribution in [0.2, 0.25) is 0 Å². The summed E-state index contributed by atoms with van der Waals surface area (Å²) in [6.07, 6.45) is 2.68. The molecule has 0 saturated carbocycles. The molecule has 0 aromatic heterocycles. The van der Waals surface area contributed by atoms with Gasteiger partial charge in [0.25, 0.3) is 0 Å². The Kier molecular flexibility index (Phi) is 3.84. The number of hydrogen-bond donors (Lipinski definition) is 1. The molecule has 0 radical (unpaired) electrons. The zero-order chi connectivity index (χ0) is 12.3. The van der Waals surface area contributed by atoms with Crippen LogP contribution in [-0.4, -0.2) is 19.9 Å². The number of nitrogens with two attached hydrogens (primary N) is 1. The van der Waals surface area contributed by atoms with Gasteiger partial charge in [0.2, 0.25) is 0 Å². The van der Waals surface area contributed by atoms with Crippen molar-refractivity contribution < 1.29 is 8.42 Å². The average molecular weight is 253 g/mol. The summed E-state index contributed by atoms with van der Waals surface area (Å²) in [5.41, 5.74) is 7.92. The SMILES string of the molecule is NCc1cccc(CC2CCCS(=O)(=O)C2)c1. The molecule has 17 heavy (non-hydrogen) atoms. The minimum absolute atomic E-state index is 0.279. The predicted octanol–water partition coefficient (Wildman–Crippen LogP) is 1.51. The lowest BCUT2D eigenvalue weighted by atomic mass is 9.95. The standard InChI is InChI=1S/C13H19NO2S/c14-9-12-4-1-3-11(7-12)8-13-5-2-6-17(15,16)10-13/h1,3-4,7,13H,2,5-6,8-10,14H2. The van der Waals surface area contributed by atoms with E-state index < -0.39 is 9.84 Å². The maximum atomic E-state index is 11.6. The van der Waals surface area contributed by atoms with Gasteiger partial charge in [0.05, 0.1) is 11.5 Å². The topological polar surface area (TPSA) is 60.2 Å². The molecule has 1 atom stereocenters. The normalized spacial score (nSPS) is 23.5. The molecule has 1 unspecified atom stereocenters. The Morgan fingerprint density at radius 2 is 2.06 bits per heavy atom. The van der Waals surface area contributed by atoms with Gasteiger partial charge in [0.15, 0.2) is 9.84 Å². The highest BCUT2D eigenvalue weighted by Gasteiger charge is 2.24. The molecule has 94 valence electrons. The van der Waals surface area contributed by atoms with Gasteiger partial charge in [-0.1, -0.05) is 24.3 Å². The predicted molar refractivity (Wildman–Crippen MR) is 69.4 cm³/mol. The first kappa shape index (κ1) is 12.6. The van der Waals surface area contributed by atoms with E-state index in [-0.39, 0.29) is 5.92 Å². The fourth-order valence-corrected chi connectivity index (χ4v) is 4.27. The maximum absolute atomic E-state index is 11.6. The average Bonchev–Trinajstić information content (AvgIpc) is 2.28. The van der Waals surface area contributed by atoms with E-state index in [4.69, 9.17) is 5.73 Å². The van der Waals surface area contributed by atoms with Crippen LogP contribution in [-0.2, 0) is 22.8 Å². The van der Waals surface area contributed by atoms with Gasteiger partial charge in [0.1, 0.15) is 0 Å². The van der Waals surface area contributed by atoms with Crippen LogP contribution >= 0.6 is 0 Å². The fraction of sp³-hybridized carbons (Fsp3) is 0.538. The smallest absolute Gasteiger partial charge is 0.150 e.